The third-order valence-electron chi connectivity index (χ3n) is 6.53. The van der Waals surface area contributed by atoms with Crippen molar-refractivity contribution in [3.05, 3.63) is 64.8 Å². The van der Waals surface area contributed by atoms with Crippen molar-refractivity contribution in [2.75, 3.05) is 31.3 Å². The van der Waals surface area contributed by atoms with E-state index in [1.54, 1.807) is 35.1 Å². The maximum atomic E-state index is 13.5. The first kappa shape index (κ1) is 29.3. The number of urea groups is 1. The lowest BCUT2D eigenvalue weighted by Gasteiger charge is -2.26. The SMILES string of the molecule is CN(C)CC1CCC([n+]2cc(NC(=O)Nc3cc(N=C([O-])Cc4cccc(Cl)c4)cc(C(F)(F)F)c3)on2)CC1. The molecular weight excluding hydrogens is 549 g/mol. The standard InChI is InChI=1S/C27H30ClF3N6O3/c1-36(2)15-17-6-8-23(9-7-17)37-16-25(40-35-37)34-26(39)33-22-13-19(27(29,30)31)12-21(14-22)32-24(38)11-18-4-3-5-20(28)10-18/h3-5,10,12-14,16-17,23H,6-9,11,15H2,1-2H3,(H2-,32,33,34,35,38,39). The summed E-state index contributed by atoms with van der Waals surface area (Å²) in [7, 11) is 4.11. The van der Waals surface area contributed by atoms with Gasteiger partial charge in [-0.2, -0.15) is 13.2 Å². The summed E-state index contributed by atoms with van der Waals surface area (Å²) in [4.78, 5) is 18.5. The van der Waals surface area contributed by atoms with Crippen LogP contribution in [-0.2, 0) is 12.6 Å². The topological polar surface area (TPSA) is 110 Å². The Labute approximate surface area is 234 Å². The smallest absolute Gasteiger partial charge is 0.416 e. The number of hydrogen-bond acceptors (Lipinski definition) is 6. The summed E-state index contributed by atoms with van der Waals surface area (Å²) in [6.45, 7) is 1.03. The van der Waals surface area contributed by atoms with Crippen LogP contribution in [0.1, 0.15) is 42.9 Å². The molecule has 2 N–H and O–H groups in total. The van der Waals surface area contributed by atoms with Crippen molar-refractivity contribution in [1.29, 1.82) is 0 Å². The zero-order chi connectivity index (χ0) is 28.9. The van der Waals surface area contributed by atoms with Crippen LogP contribution in [0.2, 0.25) is 5.02 Å². The van der Waals surface area contributed by atoms with E-state index < -0.39 is 23.7 Å². The molecule has 9 nitrogen and oxygen atoms in total. The Morgan fingerprint density at radius 3 is 2.60 bits per heavy atom. The van der Waals surface area contributed by atoms with Crippen molar-refractivity contribution in [3.8, 4) is 0 Å². The largest absolute Gasteiger partial charge is 0.861 e. The second-order valence-electron chi connectivity index (χ2n) is 10.1. The van der Waals surface area contributed by atoms with Crippen LogP contribution >= 0.6 is 11.6 Å². The molecule has 1 fully saturated rings. The number of halogens is 4. The fourth-order valence-corrected chi connectivity index (χ4v) is 5.00. The first-order valence-electron chi connectivity index (χ1n) is 12.8. The molecule has 1 aliphatic rings. The van der Waals surface area contributed by atoms with Gasteiger partial charge in [0.1, 0.15) is 0 Å². The lowest BCUT2D eigenvalue weighted by Crippen LogP contribution is -2.43. The average Bonchev–Trinajstić information content (AvgIpc) is 3.31. The molecule has 0 spiro atoms. The number of carbonyl (C=O) groups is 1. The van der Waals surface area contributed by atoms with Gasteiger partial charge in [-0.25, -0.2) is 4.79 Å². The molecule has 0 unspecified atom stereocenters. The van der Waals surface area contributed by atoms with Gasteiger partial charge in [0.15, 0.2) is 6.04 Å². The van der Waals surface area contributed by atoms with Crippen molar-refractivity contribution in [2.45, 2.75) is 44.3 Å². The lowest BCUT2D eigenvalue weighted by molar-refractivity contribution is -0.787. The van der Waals surface area contributed by atoms with Crippen LogP contribution in [0.25, 0.3) is 0 Å². The number of hydrogen-bond donors (Lipinski definition) is 2. The second-order valence-corrected chi connectivity index (χ2v) is 10.6. The third kappa shape index (κ3) is 8.43. The predicted octanol–water partition coefficient (Wildman–Crippen LogP) is 5.20. The molecule has 4 rings (SSSR count). The van der Waals surface area contributed by atoms with Crippen molar-refractivity contribution < 1.29 is 32.3 Å². The van der Waals surface area contributed by atoms with Crippen LogP contribution in [0.4, 0.5) is 35.2 Å². The number of amides is 2. The van der Waals surface area contributed by atoms with Crippen molar-refractivity contribution in [2.24, 2.45) is 10.9 Å². The van der Waals surface area contributed by atoms with E-state index in [2.05, 4.69) is 39.9 Å². The lowest BCUT2D eigenvalue weighted by atomic mass is 9.86. The number of aromatic nitrogens is 2. The summed E-state index contributed by atoms with van der Waals surface area (Å²) in [6, 6.07) is 8.50. The number of rotatable bonds is 8. The number of carbonyl (C=O) groups excluding carboxylic acids is 1. The molecule has 2 aromatic carbocycles. The van der Waals surface area contributed by atoms with Gasteiger partial charge in [0.2, 0.25) is 5.27 Å². The summed E-state index contributed by atoms with van der Waals surface area (Å²) < 4.78 is 47.5. The molecule has 0 aliphatic heterocycles. The zero-order valence-corrected chi connectivity index (χ0v) is 22.8. The molecule has 13 heteroatoms. The normalized spacial score (nSPS) is 18.1. The van der Waals surface area contributed by atoms with Crippen LogP contribution in [0, 0.1) is 5.92 Å². The highest BCUT2D eigenvalue weighted by Gasteiger charge is 2.32. The maximum absolute atomic E-state index is 13.5. The van der Waals surface area contributed by atoms with Crippen LogP contribution in [0.5, 0.6) is 0 Å². The van der Waals surface area contributed by atoms with E-state index in [4.69, 9.17) is 16.1 Å². The van der Waals surface area contributed by atoms with E-state index in [9.17, 15) is 23.1 Å². The van der Waals surface area contributed by atoms with Gasteiger partial charge in [-0.1, -0.05) is 23.7 Å². The van der Waals surface area contributed by atoms with Gasteiger partial charge >= 0.3 is 18.1 Å². The van der Waals surface area contributed by atoms with Crippen LogP contribution in [0.3, 0.4) is 0 Å². The molecule has 1 heterocycles. The fraction of sp³-hybridized carbons (Fsp3) is 0.407. The molecule has 1 saturated carbocycles. The molecule has 0 saturated heterocycles. The van der Waals surface area contributed by atoms with Gasteiger partial charge in [-0.15, -0.1) is 0 Å². The highest BCUT2D eigenvalue weighted by Crippen LogP contribution is 2.34. The Balaban J connectivity index is 1.42. The quantitative estimate of drug-likeness (QED) is 0.217. The summed E-state index contributed by atoms with van der Waals surface area (Å²) in [5.41, 5.74) is -0.952. The molecule has 0 atom stereocenters. The van der Waals surface area contributed by atoms with Gasteiger partial charge in [-0.05, 0) is 79.3 Å². The summed E-state index contributed by atoms with van der Waals surface area (Å²) in [6.07, 6.45) is 0.631. The number of nitrogens with one attached hydrogen (secondary N) is 2. The number of benzene rings is 2. The second kappa shape index (κ2) is 12.7. The van der Waals surface area contributed by atoms with Gasteiger partial charge in [0.05, 0.1) is 11.3 Å². The number of anilines is 2. The Morgan fingerprint density at radius 2 is 1.93 bits per heavy atom. The van der Waals surface area contributed by atoms with E-state index >= 15 is 0 Å². The third-order valence-corrected chi connectivity index (χ3v) is 6.77. The predicted molar refractivity (Wildman–Crippen MR) is 143 cm³/mol. The van der Waals surface area contributed by atoms with Gasteiger partial charge in [-0.3, -0.25) is 14.8 Å². The molecule has 0 bridgehead atoms. The fourth-order valence-electron chi connectivity index (χ4n) is 4.78. The molecule has 1 aliphatic carbocycles. The minimum Gasteiger partial charge on any atom is -0.861 e. The van der Waals surface area contributed by atoms with E-state index in [1.165, 1.54) is 6.07 Å². The molecule has 214 valence electrons. The average molecular weight is 579 g/mol. The number of nitrogens with zero attached hydrogens (tertiary/aromatic N) is 4. The summed E-state index contributed by atoms with van der Waals surface area (Å²) in [5, 5.41) is 21.6. The van der Waals surface area contributed by atoms with E-state index in [0.29, 0.717) is 16.5 Å². The molecule has 1 aromatic heterocycles. The minimum absolute atomic E-state index is 0.0431. The van der Waals surface area contributed by atoms with E-state index in [-0.39, 0.29) is 29.7 Å². The Hall–Kier alpha value is -3.64. The van der Waals surface area contributed by atoms with Crippen molar-refractivity contribution in [1.82, 2.24) is 10.2 Å². The highest BCUT2D eigenvalue weighted by molar-refractivity contribution is 6.30. The van der Waals surface area contributed by atoms with Crippen molar-refractivity contribution in [3.63, 3.8) is 0 Å². The number of alkyl halides is 3. The van der Waals surface area contributed by atoms with Gasteiger partial charge in [0, 0.05) is 36.5 Å². The molecular formula is C27H30ClF3N6O3. The minimum atomic E-state index is -4.73. The van der Waals surface area contributed by atoms with Gasteiger partial charge in [0.25, 0.3) is 6.20 Å². The Morgan fingerprint density at radius 1 is 1.18 bits per heavy atom. The van der Waals surface area contributed by atoms with Gasteiger partial charge < -0.3 is 15.3 Å². The molecule has 40 heavy (non-hydrogen) atoms. The molecule has 2 amide bonds. The Kier molecular flexibility index (Phi) is 9.31. The van der Waals surface area contributed by atoms with Crippen LogP contribution < -0.4 is 20.4 Å². The van der Waals surface area contributed by atoms with Crippen LogP contribution in [-0.4, -0.2) is 42.7 Å². The Bertz CT molecular complexity index is 1350. The van der Waals surface area contributed by atoms with Crippen LogP contribution in [0.15, 0.2) is 58.2 Å². The monoisotopic (exact) mass is 578 g/mol. The first-order chi connectivity index (χ1) is 18.9. The van der Waals surface area contributed by atoms with Crippen molar-refractivity contribution >= 4 is 40.8 Å². The maximum Gasteiger partial charge on any atom is 0.416 e. The van der Waals surface area contributed by atoms with E-state index in [0.717, 1.165) is 44.4 Å². The molecule has 0 radical (unpaired) electrons. The van der Waals surface area contributed by atoms with E-state index in [1.807, 2.05) is 0 Å². The molecule has 3 aromatic rings. The number of aliphatic imine (C=N–C) groups is 1. The summed E-state index contributed by atoms with van der Waals surface area (Å²) in [5.74, 6) is -0.00111. The first-order valence-corrected chi connectivity index (χ1v) is 13.1. The highest BCUT2D eigenvalue weighted by atomic mass is 35.5. The summed E-state index contributed by atoms with van der Waals surface area (Å²) >= 11 is 5.92. The zero-order valence-electron chi connectivity index (χ0n) is 22.0.